The van der Waals surface area contributed by atoms with Crippen LogP contribution >= 0.6 is 0 Å². The van der Waals surface area contributed by atoms with E-state index in [1.54, 1.807) is 6.08 Å². The lowest BCUT2D eigenvalue weighted by atomic mass is 9.86. The van der Waals surface area contributed by atoms with Gasteiger partial charge in [-0.2, -0.15) is 0 Å². The fourth-order valence-corrected chi connectivity index (χ4v) is 1.71. The third-order valence-corrected chi connectivity index (χ3v) is 2.64. The van der Waals surface area contributed by atoms with Gasteiger partial charge in [0, 0.05) is 12.0 Å². The van der Waals surface area contributed by atoms with Crippen LogP contribution in [0.2, 0.25) is 0 Å². The molecule has 0 aromatic carbocycles. The van der Waals surface area contributed by atoms with Gasteiger partial charge in [-0.15, -0.1) is 0 Å². The van der Waals surface area contributed by atoms with Crippen LogP contribution in [-0.4, -0.2) is 47.7 Å². The number of carbonyl (C=O) groups excluding carboxylic acids is 1. The molecule has 1 aliphatic carbocycles. The monoisotopic (exact) mass is 200 g/mol. The summed E-state index contributed by atoms with van der Waals surface area (Å²) in [4.78, 5) is 11.2. The smallest absolute Gasteiger partial charge is 0.333 e. The van der Waals surface area contributed by atoms with E-state index in [1.165, 1.54) is 7.11 Å². The Hall–Kier alpha value is -0.910. The van der Waals surface area contributed by atoms with Crippen molar-refractivity contribution < 1.29 is 24.5 Å². The molecule has 0 bridgehead atoms. The van der Waals surface area contributed by atoms with Crippen molar-refractivity contribution in [3.8, 4) is 0 Å². The average molecular weight is 200 g/mol. The highest BCUT2D eigenvalue weighted by molar-refractivity contribution is 5.89. The summed E-state index contributed by atoms with van der Waals surface area (Å²) in [5.41, 5.74) is -0.482. The second-order valence-electron chi connectivity index (χ2n) is 3.62. The minimum Gasteiger partial charge on any atom is -0.466 e. The Morgan fingerprint density at radius 2 is 2.36 bits per heavy atom. The van der Waals surface area contributed by atoms with E-state index in [0.717, 1.165) is 0 Å². The Balaban J connectivity index is 2.24. The second kappa shape index (κ2) is 3.05. The van der Waals surface area contributed by atoms with Crippen molar-refractivity contribution in [3.05, 3.63) is 11.6 Å². The van der Waals surface area contributed by atoms with E-state index in [9.17, 15) is 15.0 Å². The molecule has 78 valence electrons. The van der Waals surface area contributed by atoms with Crippen LogP contribution < -0.4 is 0 Å². The number of carbonyl (C=O) groups is 1. The molecule has 2 aliphatic rings. The first-order chi connectivity index (χ1) is 6.59. The average Bonchev–Trinajstić information content (AvgIpc) is 2.93. The van der Waals surface area contributed by atoms with Crippen LogP contribution in [0.15, 0.2) is 11.6 Å². The van der Waals surface area contributed by atoms with Crippen LogP contribution in [0.4, 0.5) is 0 Å². The van der Waals surface area contributed by atoms with Gasteiger partial charge in [0.15, 0.2) is 0 Å². The van der Waals surface area contributed by atoms with Crippen molar-refractivity contribution in [2.75, 3.05) is 13.7 Å². The van der Waals surface area contributed by atoms with Gasteiger partial charge in [-0.25, -0.2) is 4.79 Å². The third kappa shape index (κ3) is 1.33. The highest BCUT2D eigenvalue weighted by Gasteiger charge is 2.55. The maximum absolute atomic E-state index is 11.2. The van der Waals surface area contributed by atoms with Gasteiger partial charge in [-0.1, -0.05) is 0 Å². The lowest BCUT2D eigenvalue weighted by molar-refractivity contribution is -0.137. The Kier molecular flexibility index (Phi) is 2.10. The minimum atomic E-state index is -0.961. The number of methoxy groups -OCH3 is 1. The maximum atomic E-state index is 11.2. The fraction of sp³-hybridized carbons (Fsp3) is 0.667. The summed E-state index contributed by atoms with van der Waals surface area (Å²) in [6.45, 7) is 0.339. The van der Waals surface area contributed by atoms with Gasteiger partial charge in [0.2, 0.25) is 0 Å². The standard InChI is InChI=1S/C9H12O5/c1-13-8(12)5-2-6(10)7(11)9(3-5)4-14-9/h3,6-7,10-11H,2,4H2,1H3/t6-,7+,9+/m1/s1. The van der Waals surface area contributed by atoms with E-state index in [1.807, 2.05) is 0 Å². The Morgan fingerprint density at radius 1 is 1.71 bits per heavy atom. The molecule has 14 heavy (non-hydrogen) atoms. The van der Waals surface area contributed by atoms with Gasteiger partial charge < -0.3 is 19.7 Å². The molecule has 2 N–H and O–H groups in total. The van der Waals surface area contributed by atoms with Crippen LogP contribution in [0.1, 0.15) is 6.42 Å². The van der Waals surface area contributed by atoms with Crippen molar-refractivity contribution >= 4 is 5.97 Å². The number of epoxide rings is 1. The molecular weight excluding hydrogens is 188 g/mol. The van der Waals surface area contributed by atoms with E-state index >= 15 is 0 Å². The molecule has 1 fully saturated rings. The number of aliphatic hydroxyl groups is 2. The summed E-state index contributed by atoms with van der Waals surface area (Å²) >= 11 is 0. The molecule has 0 saturated carbocycles. The van der Waals surface area contributed by atoms with Crippen molar-refractivity contribution in [2.24, 2.45) is 0 Å². The van der Waals surface area contributed by atoms with Gasteiger partial charge in [-0.05, 0) is 6.08 Å². The lowest BCUT2D eigenvalue weighted by Gasteiger charge is -2.27. The summed E-state index contributed by atoms with van der Waals surface area (Å²) in [7, 11) is 1.28. The molecule has 1 heterocycles. The second-order valence-corrected chi connectivity index (χ2v) is 3.62. The zero-order chi connectivity index (χ0) is 10.3. The molecular formula is C9H12O5. The predicted molar refractivity (Wildman–Crippen MR) is 45.4 cm³/mol. The lowest BCUT2D eigenvalue weighted by Crippen LogP contribution is -2.43. The molecule has 3 atom stereocenters. The number of aliphatic hydroxyl groups excluding tert-OH is 2. The number of rotatable bonds is 1. The molecule has 0 amide bonds. The van der Waals surface area contributed by atoms with E-state index in [-0.39, 0.29) is 6.42 Å². The molecule has 1 saturated heterocycles. The zero-order valence-electron chi connectivity index (χ0n) is 7.77. The largest absolute Gasteiger partial charge is 0.466 e. The molecule has 5 nitrogen and oxygen atoms in total. The quantitative estimate of drug-likeness (QED) is 0.418. The first kappa shape index (κ1) is 9.64. The maximum Gasteiger partial charge on any atom is 0.333 e. The Bertz CT molecular complexity index is 292. The highest BCUT2D eigenvalue weighted by atomic mass is 16.6. The van der Waals surface area contributed by atoms with Crippen LogP contribution in [0.3, 0.4) is 0 Å². The van der Waals surface area contributed by atoms with Crippen LogP contribution in [-0.2, 0) is 14.3 Å². The molecule has 0 aromatic heterocycles. The van der Waals surface area contributed by atoms with Gasteiger partial charge >= 0.3 is 5.97 Å². The molecule has 0 radical (unpaired) electrons. The highest BCUT2D eigenvalue weighted by Crippen LogP contribution is 2.40. The SMILES string of the molecule is COC(=O)C1=C[C@]2(CO2)[C@@H](O)[C@H](O)C1. The first-order valence-electron chi connectivity index (χ1n) is 4.39. The normalized spacial score (nSPS) is 40.6. The zero-order valence-corrected chi connectivity index (χ0v) is 7.77. The van der Waals surface area contributed by atoms with Gasteiger partial charge in [-0.3, -0.25) is 0 Å². The van der Waals surface area contributed by atoms with Crippen molar-refractivity contribution in [1.82, 2.24) is 0 Å². The van der Waals surface area contributed by atoms with Crippen molar-refractivity contribution in [3.63, 3.8) is 0 Å². The summed E-state index contributed by atoms with van der Waals surface area (Å²) in [6.07, 6.45) is -0.248. The van der Waals surface area contributed by atoms with Crippen LogP contribution in [0.25, 0.3) is 0 Å². The Labute approximate surface area is 80.9 Å². The number of hydrogen-bond acceptors (Lipinski definition) is 5. The summed E-state index contributed by atoms with van der Waals surface area (Å²) in [5, 5.41) is 19.1. The summed E-state index contributed by atoms with van der Waals surface area (Å²) in [6, 6.07) is 0. The van der Waals surface area contributed by atoms with Crippen molar-refractivity contribution in [1.29, 1.82) is 0 Å². The number of esters is 1. The first-order valence-corrected chi connectivity index (χ1v) is 4.39. The predicted octanol–water partition coefficient (Wildman–Crippen LogP) is -1.02. The van der Waals surface area contributed by atoms with Gasteiger partial charge in [0.05, 0.1) is 19.8 Å². The van der Waals surface area contributed by atoms with Crippen molar-refractivity contribution in [2.45, 2.75) is 24.2 Å². The number of ether oxygens (including phenoxy) is 2. The van der Waals surface area contributed by atoms with E-state index in [0.29, 0.717) is 12.2 Å². The molecule has 5 heteroatoms. The van der Waals surface area contributed by atoms with Gasteiger partial charge in [0.1, 0.15) is 11.7 Å². The van der Waals surface area contributed by atoms with Crippen LogP contribution in [0.5, 0.6) is 0 Å². The van der Waals surface area contributed by atoms with Crippen LogP contribution in [0, 0.1) is 0 Å². The van der Waals surface area contributed by atoms with E-state index < -0.39 is 23.8 Å². The molecule has 2 rings (SSSR count). The molecule has 0 unspecified atom stereocenters. The molecule has 1 aliphatic heterocycles. The third-order valence-electron chi connectivity index (χ3n) is 2.64. The summed E-state index contributed by atoms with van der Waals surface area (Å²) in [5.74, 6) is -0.481. The summed E-state index contributed by atoms with van der Waals surface area (Å²) < 4.78 is 9.59. The fourth-order valence-electron chi connectivity index (χ4n) is 1.71. The van der Waals surface area contributed by atoms with E-state index in [2.05, 4.69) is 4.74 Å². The van der Waals surface area contributed by atoms with Gasteiger partial charge in [0.25, 0.3) is 0 Å². The topological polar surface area (TPSA) is 79.3 Å². The molecule has 1 spiro atoms. The van der Waals surface area contributed by atoms with E-state index in [4.69, 9.17) is 4.74 Å². The number of hydrogen-bond donors (Lipinski definition) is 2. The minimum absolute atomic E-state index is 0.110. The molecule has 0 aromatic rings. The Morgan fingerprint density at radius 3 is 2.86 bits per heavy atom.